The molecule has 0 spiro atoms. The summed E-state index contributed by atoms with van der Waals surface area (Å²) in [6.45, 7) is 9.93. The molecule has 30 heavy (non-hydrogen) atoms. The second-order valence-corrected chi connectivity index (χ2v) is 8.25. The highest BCUT2D eigenvalue weighted by Crippen LogP contribution is 2.45. The van der Waals surface area contributed by atoms with Crippen LogP contribution in [0, 0.1) is 0 Å². The fourth-order valence-corrected chi connectivity index (χ4v) is 4.39. The Morgan fingerprint density at radius 2 is 2.03 bits per heavy atom. The predicted octanol–water partition coefficient (Wildman–Crippen LogP) is 4.58. The molecule has 0 aromatic heterocycles. The van der Waals surface area contributed by atoms with Gasteiger partial charge in [-0.3, -0.25) is 4.79 Å². The molecule has 1 unspecified atom stereocenters. The first-order valence-electron chi connectivity index (χ1n) is 10.3. The van der Waals surface area contributed by atoms with Crippen molar-refractivity contribution in [1.29, 1.82) is 0 Å². The van der Waals surface area contributed by atoms with Gasteiger partial charge in [-0.2, -0.15) is 5.10 Å². The number of hydrazone groups is 1. The van der Waals surface area contributed by atoms with Crippen molar-refractivity contribution in [3.05, 3.63) is 53.1 Å². The topological polar surface area (TPSA) is 63.2 Å². The molecule has 3 rings (SSSR count). The van der Waals surface area contributed by atoms with Gasteiger partial charge in [0.05, 0.1) is 20.4 Å². The molecule has 6 heteroatoms. The maximum absolute atomic E-state index is 12.4. The zero-order valence-electron chi connectivity index (χ0n) is 18.7. The highest BCUT2D eigenvalue weighted by Gasteiger charge is 2.36. The van der Waals surface area contributed by atoms with Crippen molar-refractivity contribution in [3.8, 4) is 11.5 Å². The Kier molecular flexibility index (Phi) is 6.34. The Morgan fingerprint density at radius 1 is 1.27 bits per heavy atom. The lowest BCUT2D eigenvalue weighted by Gasteiger charge is -2.47. The number of hydrogen-bond acceptors (Lipinski definition) is 5. The average Bonchev–Trinajstić information content (AvgIpc) is 2.73. The number of methoxy groups -OCH3 is 2. The number of amides is 1. The van der Waals surface area contributed by atoms with Gasteiger partial charge >= 0.3 is 0 Å². The molecule has 1 heterocycles. The molecule has 0 fully saturated rings. The van der Waals surface area contributed by atoms with E-state index in [1.165, 1.54) is 11.3 Å². The molecule has 2 aromatic carbocycles. The van der Waals surface area contributed by atoms with E-state index in [9.17, 15) is 4.79 Å². The van der Waals surface area contributed by atoms with Crippen LogP contribution in [0.25, 0.3) is 0 Å². The molecule has 1 aliphatic rings. The molecule has 0 radical (unpaired) electrons. The van der Waals surface area contributed by atoms with Crippen LogP contribution in [0.5, 0.6) is 11.5 Å². The van der Waals surface area contributed by atoms with Gasteiger partial charge in [0, 0.05) is 35.0 Å². The van der Waals surface area contributed by atoms with Crippen molar-refractivity contribution < 1.29 is 14.3 Å². The Balaban J connectivity index is 1.86. The summed E-state index contributed by atoms with van der Waals surface area (Å²) < 4.78 is 10.8. The lowest BCUT2D eigenvalue weighted by atomic mass is 9.79. The summed E-state index contributed by atoms with van der Waals surface area (Å²) in [6.07, 6.45) is 2.71. The molecule has 1 aliphatic heterocycles. The third kappa shape index (κ3) is 4.27. The molecule has 6 nitrogen and oxygen atoms in total. The molecular formula is C24H31N3O3. The van der Waals surface area contributed by atoms with Crippen molar-refractivity contribution in [3.63, 3.8) is 0 Å². The Hall–Kier alpha value is -3.02. The molecule has 160 valence electrons. The minimum absolute atomic E-state index is 0.0898. The van der Waals surface area contributed by atoms with Crippen molar-refractivity contribution >= 4 is 17.8 Å². The summed E-state index contributed by atoms with van der Waals surface area (Å²) in [6, 6.07) is 11.2. The van der Waals surface area contributed by atoms with Crippen molar-refractivity contribution in [2.75, 3.05) is 25.7 Å². The van der Waals surface area contributed by atoms with E-state index >= 15 is 0 Å². The predicted molar refractivity (Wildman–Crippen MR) is 121 cm³/mol. The fraction of sp³-hybridized carbons (Fsp3) is 0.417. The van der Waals surface area contributed by atoms with Gasteiger partial charge in [-0.1, -0.05) is 13.0 Å². The standard InChI is InChI=1S/C24H31N3O3/c1-7-27-21-13-22(30-6)18(12-20(21)16(2)14-24(27,3)4)15-25-26-23(28)17-9-8-10-19(11-17)29-5/h8-13,15-16H,7,14H2,1-6H3,(H,26,28)/b25-15-. The number of nitrogens with zero attached hydrogens (tertiary/aromatic N) is 2. The van der Waals surface area contributed by atoms with Crippen LogP contribution in [0.4, 0.5) is 5.69 Å². The van der Waals surface area contributed by atoms with Crippen LogP contribution >= 0.6 is 0 Å². The number of hydrogen-bond donors (Lipinski definition) is 1. The molecule has 1 N–H and O–H groups in total. The minimum atomic E-state index is -0.297. The zero-order valence-corrected chi connectivity index (χ0v) is 18.7. The average molecular weight is 410 g/mol. The first kappa shape index (κ1) is 21.7. The van der Waals surface area contributed by atoms with Crippen LogP contribution in [0.1, 0.15) is 61.5 Å². The van der Waals surface area contributed by atoms with E-state index in [2.05, 4.69) is 55.3 Å². The van der Waals surface area contributed by atoms with Gasteiger partial charge in [-0.05, 0) is 62.9 Å². The molecule has 1 amide bonds. The second kappa shape index (κ2) is 8.78. The highest BCUT2D eigenvalue weighted by atomic mass is 16.5. The van der Waals surface area contributed by atoms with Crippen LogP contribution < -0.4 is 19.8 Å². The van der Waals surface area contributed by atoms with E-state index in [1.807, 2.05) is 0 Å². The summed E-state index contributed by atoms with van der Waals surface area (Å²) in [5.74, 6) is 1.48. The molecule has 0 saturated carbocycles. The third-order valence-electron chi connectivity index (χ3n) is 5.76. The number of carbonyl (C=O) groups excluding carboxylic acids is 1. The van der Waals surface area contributed by atoms with Gasteiger partial charge in [0.2, 0.25) is 0 Å². The molecule has 0 aliphatic carbocycles. The Bertz CT molecular complexity index is 953. The number of anilines is 1. The lowest BCUT2D eigenvalue weighted by Crippen LogP contribution is -2.48. The van der Waals surface area contributed by atoms with Crippen molar-refractivity contribution in [1.82, 2.24) is 5.43 Å². The largest absolute Gasteiger partial charge is 0.497 e. The van der Waals surface area contributed by atoms with Crippen LogP contribution in [0.15, 0.2) is 41.5 Å². The van der Waals surface area contributed by atoms with Crippen LogP contribution in [-0.4, -0.2) is 38.4 Å². The summed E-state index contributed by atoms with van der Waals surface area (Å²) >= 11 is 0. The van der Waals surface area contributed by atoms with Crippen molar-refractivity contribution in [2.45, 2.75) is 45.6 Å². The van der Waals surface area contributed by atoms with Crippen LogP contribution in [0.3, 0.4) is 0 Å². The number of benzene rings is 2. The number of fused-ring (bicyclic) bond motifs is 1. The normalized spacial score (nSPS) is 17.5. The second-order valence-electron chi connectivity index (χ2n) is 8.25. The van der Waals surface area contributed by atoms with E-state index in [-0.39, 0.29) is 11.4 Å². The summed E-state index contributed by atoms with van der Waals surface area (Å²) in [5, 5.41) is 4.16. The van der Waals surface area contributed by atoms with Gasteiger partial charge in [-0.25, -0.2) is 5.43 Å². The van der Waals surface area contributed by atoms with Crippen LogP contribution in [0.2, 0.25) is 0 Å². The van der Waals surface area contributed by atoms with E-state index in [4.69, 9.17) is 9.47 Å². The lowest BCUT2D eigenvalue weighted by molar-refractivity contribution is 0.0954. The first-order chi connectivity index (χ1) is 14.3. The summed E-state index contributed by atoms with van der Waals surface area (Å²) in [4.78, 5) is 14.8. The van der Waals surface area contributed by atoms with Gasteiger partial charge < -0.3 is 14.4 Å². The molecule has 2 aromatic rings. The number of carbonyl (C=O) groups is 1. The summed E-state index contributed by atoms with van der Waals surface area (Å²) in [5.41, 5.74) is 6.48. The number of rotatable bonds is 6. The molecular weight excluding hydrogens is 378 g/mol. The van der Waals surface area contributed by atoms with Crippen molar-refractivity contribution in [2.24, 2.45) is 5.10 Å². The minimum Gasteiger partial charge on any atom is -0.497 e. The molecule has 1 atom stereocenters. The zero-order chi connectivity index (χ0) is 21.9. The highest BCUT2D eigenvalue weighted by molar-refractivity contribution is 5.95. The van der Waals surface area contributed by atoms with Gasteiger partial charge in [-0.15, -0.1) is 0 Å². The van der Waals surface area contributed by atoms with Gasteiger partial charge in [0.25, 0.3) is 5.91 Å². The monoisotopic (exact) mass is 409 g/mol. The first-order valence-corrected chi connectivity index (χ1v) is 10.3. The van der Waals surface area contributed by atoms with Gasteiger partial charge in [0.1, 0.15) is 11.5 Å². The Labute approximate surface area is 178 Å². The maximum Gasteiger partial charge on any atom is 0.271 e. The van der Waals surface area contributed by atoms with E-state index in [0.717, 1.165) is 24.3 Å². The SMILES string of the molecule is CCN1c2cc(OC)c(/C=N\NC(=O)c3cccc(OC)c3)cc2C(C)CC1(C)C. The number of ether oxygens (including phenoxy) is 2. The van der Waals surface area contributed by atoms with E-state index < -0.39 is 0 Å². The molecule has 0 saturated heterocycles. The smallest absolute Gasteiger partial charge is 0.271 e. The third-order valence-corrected chi connectivity index (χ3v) is 5.76. The van der Waals surface area contributed by atoms with Crippen LogP contribution in [-0.2, 0) is 0 Å². The number of nitrogens with one attached hydrogen (secondary N) is 1. The molecule has 0 bridgehead atoms. The quantitative estimate of drug-likeness (QED) is 0.560. The van der Waals surface area contributed by atoms with Gasteiger partial charge in [0.15, 0.2) is 0 Å². The fourth-order valence-electron chi connectivity index (χ4n) is 4.39. The summed E-state index contributed by atoms with van der Waals surface area (Å²) in [7, 11) is 3.22. The Morgan fingerprint density at radius 3 is 2.70 bits per heavy atom. The van der Waals surface area contributed by atoms with E-state index in [1.54, 1.807) is 44.7 Å². The maximum atomic E-state index is 12.4. The van der Waals surface area contributed by atoms with E-state index in [0.29, 0.717) is 17.2 Å².